The summed E-state index contributed by atoms with van der Waals surface area (Å²) >= 11 is 12.1. The van der Waals surface area contributed by atoms with Crippen LogP contribution in [0.3, 0.4) is 0 Å². The van der Waals surface area contributed by atoms with Gasteiger partial charge in [-0.3, -0.25) is 4.68 Å². The fourth-order valence-electron chi connectivity index (χ4n) is 3.70. The zero-order chi connectivity index (χ0) is 22.0. The molecule has 1 aliphatic rings. The second-order valence-corrected chi connectivity index (χ2v) is 8.40. The first kappa shape index (κ1) is 21.6. The average molecular weight is 459 g/mol. The average Bonchev–Trinajstić information content (AvgIpc) is 3.22. The molecule has 1 N–H and O–H groups in total. The van der Waals surface area contributed by atoms with Crippen LogP contribution in [0.2, 0.25) is 10.0 Å². The standard InChI is InChI=1S/C22H24Cl2N6O/c1-3-30-17(6-8-26-30)11-21-25-12-16-7-9-29(13-20(16)28-21)22(31)27-14(2)15-4-5-18(23)19(24)10-15/h4-6,8,10,12,14H,3,7,9,11,13H2,1-2H3,(H,27,31)/t14-/m1/s1. The maximum absolute atomic E-state index is 12.9. The maximum atomic E-state index is 12.9. The SMILES string of the molecule is CCn1nccc1Cc1ncc2c(n1)CN(C(=O)N[C@H](C)c1ccc(Cl)c(Cl)c1)CC2. The van der Waals surface area contributed by atoms with E-state index < -0.39 is 0 Å². The number of rotatable bonds is 5. The van der Waals surface area contributed by atoms with E-state index in [4.69, 9.17) is 28.2 Å². The zero-order valence-electron chi connectivity index (χ0n) is 17.5. The predicted molar refractivity (Wildman–Crippen MR) is 120 cm³/mol. The molecule has 31 heavy (non-hydrogen) atoms. The third kappa shape index (κ3) is 4.83. The molecule has 2 amide bonds. The van der Waals surface area contributed by atoms with Crippen molar-refractivity contribution in [3.63, 3.8) is 0 Å². The molecule has 0 radical (unpaired) electrons. The summed E-state index contributed by atoms with van der Waals surface area (Å²) in [6, 6.07) is 7.04. The van der Waals surface area contributed by atoms with Crippen LogP contribution in [0.25, 0.3) is 0 Å². The molecule has 1 aliphatic heterocycles. The Morgan fingerprint density at radius 3 is 2.87 bits per heavy atom. The number of nitrogens with one attached hydrogen (secondary N) is 1. The summed E-state index contributed by atoms with van der Waals surface area (Å²) in [6.45, 7) is 5.86. The van der Waals surface area contributed by atoms with E-state index >= 15 is 0 Å². The molecule has 3 aromatic rings. The molecule has 2 aromatic heterocycles. The van der Waals surface area contributed by atoms with Gasteiger partial charge < -0.3 is 10.2 Å². The summed E-state index contributed by atoms with van der Waals surface area (Å²) in [6.07, 6.45) is 5.02. The normalized spacial score (nSPS) is 14.3. The Labute approximate surface area is 191 Å². The first-order valence-electron chi connectivity index (χ1n) is 10.3. The Morgan fingerprint density at radius 1 is 1.26 bits per heavy atom. The van der Waals surface area contributed by atoms with Crippen LogP contribution in [0.4, 0.5) is 4.79 Å². The van der Waals surface area contributed by atoms with Gasteiger partial charge in [-0.15, -0.1) is 0 Å². The zero-order valence-corrected chi connectivity index (χ0v) is 19.0. The first-order chi connectivity index (χ1) is 14.9. The molecule has 0 aliphatic carbocycles. The molecule has 162 valence electrons. The van der Waals surface area contributed by atoms with Crippen LogP contribution in [-0.4, -0.2) is 37.2 Å². The van der Waals surface area contributed by atoms with E-state index in [0.29, 0.717) is 29.6 Å². The molecule has 3 heterocycles. The van der Waals surface area contributed by atoms with Crippen molar-refractivity contribution in [2.75, 3.05) is 6.54 Å². The number of carbonyl (C=O) groups excluding carboxylic acids is 1. The number of hydrogen-bond donors (Lipinski definition) is 1. The largest absolute Gasteiger partial charge is 0.331 e. The maximum Gasteiger partial charge on any atom is 0.318 e. The molecular formula is C22H24Cl2N6O. The van der Waals surface area contributed by atoms with Gasteiger partial charge in [-0.1, -0.05) is 29.3 Å². The minimum atomic E-state index is -0.195. The second-order valence-electron chi connectivity index (χ2n) is 7.59. The first-order valence-corrected chi connectivity index (χ1v) is 11.0. The van der Waals surface area contributed by atoms with Gasteiger partial charge in [0.25, 0.3) is 0 Å². The fraction of sp³-hybridized carbons (Fsp3) is 0.364. The van der Waals surface area contributed by atoms with Gasteiger partial charge in [-0.25, -0.2) is 14.8 Å². The van der Waals surface area contributed by atoms with Gasteiger partial charge in [-0.05, 0) is 49.6 Å². The van der Waals surface area contributed by atoms with Crippen LogP contribution < -0.4 is 5.32 Å². The van der Waals surface area contributed by atoms with Gasteiger partial charge in [-0.2, -0.15) is 5.10 Å². The highest BCUT2D eigenvalue weighted by molar-refractivity contribution is 6.42. The van der Waals surface area contributed by atoms with E-state index in [1.807, 2.05) is 29.9 Å². The lowest BCUT2D eigenvalue weighted by molar-refractivity contribution is 0.188. The second kappa shape index (κ2) is 9.24. The Hall–Kier alpha value is -2.64. The van der Waals surface area contributed by atoms with E-state index in [0.717, 1.165) is 41.3 Å². The van der Waals surface area contributed by atoms with Crippen molar-refractivity contribution in [3.8, 4) is 0 Å². The third-order valence-electron chi connectivity index (χ3n) is 5.51. The highest BCUT2D eigenvalue weighted by Crippen LogP contribution is 2.26. The number of urea groups is 1. The van der Waals surface area contributed by atoms with Crippen molar-refractivity contribution in [3.05, 3.63) is 75.0 Å². The smallest absolute Gasteiger partial charge is 0.318 e. The molecular weight excluding hydrogens is 435 g/mol. The Bertz CT molecular complexity index is 1100. The molecule has 0 bridgehead atoms. The summed E-state index contributed by atoms with van der Waals surface area (Å²) in [5.74, 6) is 0.736. The quantitative estimate of drug-likeness (QED) is 0.613. The number of benzene rings is 1. The monoisotopic (exact) mass is 458 g/mol. The highest BCUT2D eigenvalue weighted by Gasteiger charge is 2.24. The van der Waals surface area contributed by atoms with Crippen LogP contribution >= 0.6 is 23.2 Å². The highest BCUT2D eigenvalue weighted by atomic mass is 35.5. The summed E-state index contributed by atoms with van der Waals surface area (Å²) < 4.78 is 1.94. The van der Waals surface area contributed by atoms with E-state index in [9.17, 15) is 4.79 Å². The number of aryl methyl sites for hydroxylation is 1. The van der Waals surface area contributed by atoms with Gasteiger partial charge in [0.1, 0.15) is 5.82 Å². The molecule has 9 heteroatoms. The summed E-state index contributed by atoms with van der Waals surface area (Å²) in [7, 11) is 0. The van der Waals surface area contributed by atoms with E-state index in [1.54, 1.807) is 23.2 Å². The molecule has 1 aromatic carbocycles. The van der Waals surface area contributed by atoms with Crippen molar-refractivity contribution in [2.24, 2.45) is 0 Å². The van der Waals surface area contributed by atoms with Crippen molar-refractivity contribution in [2.45, 2.75) is 45.8 Å². The van der Waals surface area contributed by atoms with Crippen molar-refractivity contribution in [1.29, 1.82) is 0 Å². The minimum Gasteiger partial charge on any atom is -0.331 e. The van der Waals surface area contributed by atoms with E-state index in [-0.39, 0.29) is 12.1 Å². The Balaban J connectivity index is 1.43. The Morgan fingerprint density at radius 2 is 2.10 bits per heavy atom. The topological polar surface area (TPSA) is 75.9 Å². The molecule has 1 atom stereocenters. The number of amides is 2. The van der Waals surface area contributed by atoms with Crippen LogP contribution in [0.15, 0.2) is 36.7 Å². The van der Waals surface area contributed by atoms with Crippen LogP contribution in [0.1, 0.15) is 48.2 Å². The lowest BCUT2D eigenvalue weighted by Crippen LogP contribution is -2.44. The van der Waals surface area contributed by atoms with Crippen molar-refractivity contribution < 1.29 is 4.79 Å². The lowest BCUT2D eigenvalue weighted by Gasteiger charge is -2.29. The van der Waals surface area contributed by atoms with Gasteiger partial charge in [0.2, 0.25) is 0 Å². The molecule has 7 nitrogen and oxygen atoms in total. The van der Waals surface area contributed by atoms with Gasteiger partial charge in [0.15, 0.2) is 0 Å². The molecule has 0 saturated heterocycles. The van der Waals surface area contributed by atoms with Crippen LogP contribution in [0.5, 0.6) is 0 Å². The summed E-state index contributed by atoms with van der Waals surface area (Å²) in [5, 5.41) is 8.31. The predicted octanol–water partition coefficient (Wildman–Crippen LogP) is 4.42. The molecule has 0 spiro atoms. The third-order valence-corrected chi connectivity index (χ3v) is 6.25. The number of hydrogen-bond acceptors (Lipinski definition) is 4. The van der Waals surface area contributed by atoms with E-state index in [2.05, 4.69) is 22.3 Å². The number of carbonyl (C=O) groups is 1. The molecule has 4 rings (SSSR count). The van der Waals surface area contributed by atoms with Gasteiger partial charge in [0.05, 0.1) is 28.3 Å². The summed E-state index contributed by atoms with van der Waals surface area (Å²) in [5.41, 5.74) is 3.96. The number of aromatic nitrogens is 4. The van der Waals surface area contributed by atoms with Crippen LogP contribution in [-0.2, 0) is 25.9 Å². The van der Waals surface area contributed by atoms with Gasteiger partial charge >= 0.3 is 6.03 Å². The fourth-order valence-corrected chi connectivity index (χ4v) is 4.01. The number of halogens is 2. The number of fused-ring (bicyclic) bond motifs is 1. The molecule has 0 fully saturated rings. The van der Waals surface area contributed by atoms with Crippen molar-refractivity contribution in [1.82, 2.24) is 30.0 Å². The minimum absolute atomic E-state index is 0.131. The van der Waals surface area contributed by atoms with Gasteiger partial charge in [0, 0.05) is 37.6 Å². The number of nitrogens with zero attached hydrogens (tertiary/aromatic N) is 5. The lowest BCUT2D eigenvalue weighted by atomic mass is 10.1. The summed E-state index contributed by atoms with van der Waals surface area (Å²) in [4.78, 5) is 23.9. The molecule has 0 saturated carbocycles. The van der Waals surface area contributed by atoms with E-state index in [1.165, 1.54) is 0 Å². The van der Waals surface area contributed by atoms with Crippen molar-refractivity contribution >= 4 is 29.2 Å². The van der Waals surface area contributed by atoms with Crippen LogP contribution in [0, 0.1) is 0 Å². The molecule has 0 unspecified atom stereocenters. The Kier molecular flexibility index (Phi) is 6.43.